The highest BCUT2D eigenvalue weighted by atomic mass is 79.9. The van der Waals surface area contributed by atoms with Crippen molar-refractivity contribution in [2.45, 2.75) is 6.92 Å². The maximum absolute atomic E-state index is 5.89. The van der Waals surface area contributed by atoms with Gasteiger partial charge in [-0.25, -0.2) is 0 Å². The number of hydrogen-bond acceptors (Lipinski definition) is 5. The van der Waals surface area contributed by atoms with Crippen LogP contribution in [0.4, 0.5) is 0 Å². The zero-order chi connectivity index (χ0) is 21.2. The van der Waals surface area contributed by atoms with Gasteiger partial charge in [0, 0.05) is 10.0 Å². The van der Waals surface area contributed by atoms with Gasteiger partial charge in [0.05, 0.1) is 0 Å². The van der Waals surface area contributed by atoms with Gasteiger partial charge in [-0.3, -0.25) is 0 Å². The second-order valence-electron chi connectivity index (χ2n) is 6.96. The third-order valence-electron chi connectivity index (χ3n) is 4.68. The zero-order valence-electron chi connectivity index (χ0n) is 16.6. The number of benzene rings is 3. The van der Waals surface area contributed by atoms with E-state index in [-0.39, 0.29) is 0 Å². The molecule has 0 fully saturated rings. The number of ether oxygens (including phenoxy) is 1. The highest BCUT2D eigenvalue weighted by molar-refractivity contribution is 9.10. The van der Waals surface area contributed by atoms with Gasteiger partial charge >= 0.3 is 0 Å². The Labute approximate surface area is 191 Å². The average molecular weight is 489 g/mol. The average Bonchev–Trinajstić information content (AvgIpc) is 3.36. The molecular weight excluding hydrogens is 472 g/mol. The Kier molecular flexibility index (Phi) is 5.36. The molecule has 7 heteroatoms. The summed E-state index contributed by atoms with van der Waals surface area (Å²) < 4.78 is 8.63. The van der Waals surface area contributed by atoms with Crippen LogP contribution in [-0.4, -0.2) is 19.8 Å². The predicted molar refractivity (Wildman–Crippen MR) is 128 cm³/mol. The Balaban J connectivity index is 1.33. The monoisotopic (exact) mass is 488 g/mol. The summed E-state index contributed by atoms with van der Waals surface area (Å²) in [6.45, 7) is 2.06. The molecule has 5 nitrogen and oxygen atoms in total. The first-order valence-electron chi connectivity index (χ1n) is 9.65. The van der Waals surface area contributed by atoms with E-state index in [0.717, 1.165) is 42.9 Å². The minimum atomic E-state index is 0.719. The Bertz CT molecular complexity index is 1370. The van der Waals surface area contributed by atoms with E-state index in [2.05, 4.69) is 38.1 Å². The maximum atomic E-state index is 5.89. The Hall–Kier alpha value is -3.29. The van der Waals surface area contributed by atoms with Crippen LogP contribution >= 0.6 is 27.3 Å². The summed E-state index contributed by atoms with van der Waals surface area (Å²) in [4.78, 5) is 0.757. The van der Waals surface area contributed by atoms with E-state index in [0.29, 0.717) is 0 Å². The molecule has 31 heavy (non-hydrogen) atoms. The largest absolute Gasteiger partial charge is 0.457 e. The topological polar surface area (TPSA) is 52.3 Å². The van der Waals surface area contributed by atoms with Crippen molar-refractivity contribution in [1.82, 2.24) is 19.8 Å². The normalized spacial score (nSPS) is 11.4. The molecule has 0 spiro atoms. The number of aryl methyl sites for hydroxylation is 1. The SMILES string of the molecule is Cc1ccc(Oc2ccc(/C=C/c3nn4c(-c5ccccc5Br)nnc4s3)cc2)cc1. The van der Waals surface area contributed by atoms with Crippen LogP contribution in [0.25, 0.3) is 28.5 Å². The van der Waals surface area contributed by atoms with Crippen LogP contribution in [0, 0.1) is 6.92 Å². The van der Waals surface area contributed by atoms with Crippen LogP contribution in [0.1, 0.15) is 16.1 Å². The molecule has 0 N–H and O–H groups in total. The van der Waals surface area contributed by atoms with Crippen LogP contribution in [-0.2, 0) is 0 Å². The molecule has 2 aromatic heterocycles. The van der Waals surface area contributed by atoms with Crippen molar-refractivity contribution in [3.63, 3.8) is 0 Å². The summed E-state index contributed by atoms with van der Waals surface area (Å²) in [5.74, 6) is 2.35. The van der Waals surface area contributed by atoms with Crippen molar-refractivity contribution >= 4 is 44.4 Å². The van der Waals surface area contributed by atoms with Crippen LogP contribution in [0.5, 0.6) is 11.5 Å². The Morgan fingerprint density at radius 1 is 0.871 bits per heavy atom. The minimum absolute atomic E-state index is 0.719. The van der Waals surface area contributed by atoms with E-state index in [1.165, 1.54) is 16.9 Å². The van der Waals surface area contributed by atoms with Gasteiger partial charge in [0.1, 0.15) is 16.5 Å². The molecule has 0 amide bonds. The van der Waals surface area contributed by atoms with Gasteiger partial charge in [0.15, 0.2) is 5.82 Å². The summed E-state index contributed by atoms with van der Waals surface area (Å²) >= 11 is 5.07. The summed E-state index contributed by atoms with van der Waals surface area (Å²) in [5, 5.41) is 14.1. The molecule has 0 aliphatic rings. The standard InChI is InChI=1S/C24H17BrN4OS/c1-16-6-11-18(12-7-16)30-19-13-8-17(9-14-19)10-15-22-28-29-23(26-27-24(29)31-22)20-4-2-3-5-21(20)25/h2-15H,1H3/b15-10+. The molecule has 5 aromatic rings. The predicted octanol–water partition coefficient (Wildman–Crippen LogP) is 6.89. The minimum Gasteiger partial charge on any atom is -0.457 e. The summed E-state index contributed by atoms with van der Waals surface area (Å²) in [6, 6.07) is 23.9. The number of halogens is 1. The number of hydrogen-bond donors (Lipinski definition) is 0. The molecular formula is C24H17BrN4OS. The second kappa shape index (κ2) is 8.45. The van der Waals surface area contributed by atoms with Gasteiger partial charge in [0.2, 0.25) is 4.96 Å². The van der Waals surface area contributed by atoms with Crippen molar-refractivity contribution in [3.05, 3.63) is 93.4 Å². The lowest BCUT2D eigenvalue weighted by Gasteiger charge is -2.06. The van der Waals surface area contributed by atoms with Crippen molar-refractivity contribution in [1.29, 1.82) is 0 Å². The molecule has 3 aromatic carbocycles. The first-order valence-corrected chi connectivity index (χ1v) is 11.3. The molecule has 0 saturated heterocycles. The lowest BCUT2D eigenvalue weighted by molar-refractivity contribution is 0.482. The number of fused-ring (bicyclic) bond motifs is 1. The van der Waals surface area contributed by atoms with Crippen LogP contribution < -0.4 is 4.74 Å². The van der Waals surface area contributed by atoms with Crippen LogP contribution in [0.2, 0.25) is 0 Å². The van der Waals surface area contributed by atoms with E-state index in [9.17, 15) is 0 Å². The maximum Gasteiger partial charge on any atom is 0.235 e. The molecule has 0 atom stereocenters. The van der Waals surface area contributed by atoms with Gasteiger partial charge in [-0.1, -0.05) is 75.3 Å². The van der Waals surface area contributed by atoms with E-state index >= 15 is 0 Å². The first-order chi connectivity index (χ1) is 15.2. The van der Waals surface area contributed by atoms with Gasteiger partial charge in [-0.05, 0) is 55.0 Å². The lowest BCUT2D eigenvalue weighted by atomic mass is 10.2. The molecule has 0 unspecified atom stereocenters. The molecule has 2 heterocycles. The highest BCUT2D eigenvalue weighted by Gasteiger charge is 2.14. The Morgan fingerprint density at radius 3 is 2.32 bits per heavy atom. The Morgan fingerprint density at radius 2 is 1.58 bits per heavy atom. The van der Waals surface area contributed by atoms with Gasteiger partial charge in [0.25, 0.3) is 0 Å². The molecule has 0 aliphatic carbocycles. The van der Waals surface area contributed by atoms with E-state index in [1.807, 2.05) is 84.9 Å². The van der Waals surface area contributed by atoms with E-state index < -0.39 is 0 Å². The quantitative estimate of drug-likeness (QED) is 0.270. The van der Waals surface area contributed by atoms with Crippen molar-refractivity contribution in [3.8, 4) is 22.9 Å². The van der Waals surface area contributed by atoms with Gasteiger partial charge < -0.3 is 4.74 Å². The second-order valence-corrected chi connectivity index (χ2v) is 8.80. The summed E-state index contributed by atoms with van der Waals surface area (Å²) in [5.41, 5.74) is 3.23. The fourth-order valence-corrected chi connectivity index (χ4v) is 4.27. The summed E-state index contributed by atoms with van der Waals surface area (Å²) in [6.07, 6.45) is 4.01. The fraction of sp³-hybridized carbons (Fsp3) is 0.0417. The molecule has 0 saturated carbocycles. The van der Waals surface area contributed by atoms with Crippen LogP contribution in [0.3, 0.4) is 0 Å². The smallest absolute Gasteiger partial charge is 0.235 e. The van der Waals surface area contributed by atoms with E-state index in [1.54, 1.807) is 4.52 Å². The zero-order valence-corrected chi connectivity index (χ0v) is 19.0. The van der Waals surface area contributed by atoms with Crippen molar-refractivity contribution in [2.24, 2.45) is 0 Å². The number of nitrogens with zero attached hydrogens (tertiary/aromatic N) is 4. The molecule has 0 bridgehead atoms. The molecule has 5 rings (SSSR count). The van der Waals surface area contributed by atoms with Crippen molar-refractivity contribution < 1.29 is 4.74 Å². The summed E-state index contributed by atoms with van der Waals surface area (Å²) in [7, 11) is 0. The third kappa shape index (κ3) is 4.28. The molecule has 0 aliphatic heterocycles. The number of rotatable bonds is 5. The lowest BCUT2D eigenvalue weighted by Crippen LogP contribution is -1.91. The van der Waals surface area contributed by atoms with Gasteiger partial charge in [-0.2, -0.15) is 9.61 Å². The first kappa shape index (κ1) is 19.7. The fourth-order valence-electron chi connectivity index (χ4n) is 3.07. The van der Waals surface area contributed by atoms with Crippen LogP contribution in [0.15, 0.2) is 77.3 Å². The highest BCUT2D eigenvalue weighted by Crippen LogP contribution is 2.28. The molecule has 0 radical (unpaired) electrons. The van der Waals surface area contributed by atoms with Gasteiger partial charge in [-0.15, -0.1) is 10.2 Å². The molecule has 152 valence electrons. The van der Waals surface area contributed by atoms with Crippen molar-refractivity contribution in [2.75, 3.05) is 0 Å². The van der Waals surface area contributed by atoms with E-state index in [4.69, 9.17) is 4.74 Å². The number of aromatic nitrogens is 4. The third-order valence-corrected chi connectivity index (χ3v) is 6.23.